The predicted octanol–water partition coefficient (Wildman–Crippen LogP) is 1.26. The molecule has 0 aliphatic heterocycles. The Bertz CT molecular complexity index is 979. The maximum atomic E-state index is 12.7. The lowest BCUT2D eigenvalue weighted by molar-refractivity contribution is 0.416. The maximum absolute atomic E-state index is 12.7. The zero-order valence-electron chi connectivity index (χ0n) is 15.0. The Morgan fingerprint density at radius 2 is 1.85 bits per heavy atom. The molecule has 26 heavy (non-hydrogen) atoms. The van der Waals surface area contributed by atoms with E-state index in [-0.39, 0.29) is 21.4 Å². The highest BCUT2D eigenvalue weighted by atomic mass is 32.2. The molecule has 0 amide bonds. The summed E-state index contributed by atoms with van der Waals surface area (Å²) in [6.07, 6.45) is 2.69. The molecule has 0 atom stereocenters. The summed E-state index contributed by atoms with van der Waals surface area (Å²) in [6.45, 7) is 4.07. The molecule has 1 aromatic heterocycles. The SMILES string of the molecule is CCN(CC)S(=O)(=O)c1ccc(OC)c(NS(=O)(=O)c2cn(C)cn2)c1. The van der Waals surface area contributed by atoms with Gasteiger partial charge in [0.25, 0.3) is 10.0 Å². The van der Waals surface area contributed by atoms with Gasteiger partial charge in [-0.1, -0.05) is 13.8 Å². The van der Waals surface area contributed by atoms with Crippen molar-refractivity contribution < 1.29 is 21.6 Å². The molecule has 0 bridgehead atoms. The summed E-state index contributed by atoms with van der Waals surface area (Å²) in [5.74, 6) is 0.197. The standard InChI is InChI=1S/C15H22N4O5S2/c1-5-19(6-2)26(22,23)12-7-8-14(24-4)13(9-12)17-25(20,21)15-10-18(3)11-16-15/h7-11,17H,5-6H2,1-4H3. The van der Waals surface area contributed by atoms with E-state index >= 15 is 0 Å². The fourth-order valence-corrected chi connectivity index (χ4v) is 4.89. The predicted molar refractivity (Wildman–Crippen MR) is 97.1 cm³/mol. The number of aromatic nitrogens is 2. The third-order valence-electron chi connectivity index (χ3n) is 3.71. The molecule has 0 saturated heterocycles. The number of nitrogens with one attached hydrogen (secondary N) is 1. The van der Waals surface area contributed by atoms with Crippen LogP contribution in [0.5, 0.6) is 5.75 Å². The summed E-state index contributed by atoms with van der Waals surface area (Å²) in [5, 5.41) is -0.181. The van der Waals surface area contributed by atoms with Gasteiger partial charge in [0, 0.05) is 26.3 Å². The second kappa shape index (κ2) is 7.64. The minimum atomic E-state index is -3.99. The van der Waals surface area contributed by atoms with Crippen molar-refractivity contribution in [3.05, 3.63) is 30.7 Å². The first-order chi connectivity index (χ1) is 12.2. The summed E-state index contributed by atoms with van der Waals surface area (Å²) in [5.41, 5.74) is 0.0198. The minimum absolute atomic E-state index is 0.0198. The average molecular weight is 402 g/mol. The Labute approximate surface area is 153 Å². The molecule has 0 aliphatic rings. The van der Waals surface area contributed by atoms with Crippen molar-refractivity contribution >= 4 is 25.7 Å². The summed E-state index contributed by atoms with van der Waals surface area (Å²) < 4.78 is 60.6. The van der Waals surface area contributed by atoms with Crippen molar-refractivity contribution in [3.63, 3.8) is 0 Å². The van der Waals surface area contributed by atoms with E-state index in [2.05, 4.69) is 9.71 Å². The lowest BCUT2D eigenvalue weighted by atomic mass is 10.3. The van der Waals surface area contributed by atoms with Gasteiger partial charge in [0.15, 0.2) is 5.03 Å². The molecule has 0 saturated carbocycles. The first-order valence-electron chi connectivity index (χ1n) is 7.84. The molecule has 1 heterocycles. The van der Waals surface area contributed by atoms with Crippen LogP contribution in [0, 0.1) is 0 Å². The molecule has 2 aromatic rings. The molecule has 0 unspecified atom stereocenters. The number of hydrogen-bond acceptors (Lipinski definition) is 6. The molecular formula is C15H22N4O5S2. The average Bonchev–Trinajstić information content (AvgIpc) is 3.03. The number of methoxy groups -OCH3 is 1. The normalized spacial score (nSPS) is 12.3. The molecule has 0 aliphatic carbocycles. The number of aryl methyl sites for hydroxylation is 1. The first kappa shape index (κ1) is 20.2. The van der Waals surface area contributed by atoms with Gasteiger partial charge in [-0.15, -0.1) is 0 Å². The zero-order valence-corrected chi connectivity index (χ0v) is 16.6. The van der Waals surface area contributed by atoms with Gasteiger partial charge in [-0.25, -0.2) is 13.4 Å². The van der Waals surface area contributed by atoms with Gasteiger partial charge in [0.2, 0.25) is 10.0 Å². The Hall–Kier alpha value is -2.11. The topological polar surface area (TPSA) is 111 Å². The summed E-state index contributed by atoms with van der Waals surface area (Å²) in [6, 6.07) is 4.03. The zero-order chi connectivity index (χ0) is 19.5. The number of rotatable bonds is 8. The highest BCUT2D eigenvalue weighted by Gasteiger charge is 2.25. The molecule has 144 valence electrons. The van der Waals surface area contributed by atoms with E-state index in [0.717, 1.165) is 0 Å². The van der Waals surface area contributed by atoms with Crippen molar-refractivity contribution in [3.8, 4) is 5.75 Å². The second-order valence-corrected chi connectivity index (χ2v) is 9.00. The van der Waals surface area contributed by atoms with Crippen LogP contribution in [-0.2, 0) is 27.1 Å². The summed E-state index contributed by atoms with van der Waals surface area (Å²) >= 11 is 0. The first-order valence-corrected chi connectivity index (χ1v) is 10.8. The van der Waals surface area contributed by atoms with Gasteiger partial charge in [0.05, 0.1) is 24.0 Å². The largest absolute Gasteiger partial charge is 0.495 e. The van der Waals surface area contributed by atoms with Crippen LogP contribution in [0.15, 0.2) is 40.6 Å². The number of hydrogen-bond donors (Lipinski definition) is 1. The van der Waals surface area contributed by atoms with E-state index in [0.29, 0.717) is 13.1 Å². The van der Waals surface area contributed by atoms with Crippen LogP contribution in [0.1, 0.15) is 13.8 Å². The van der Waals surface area contributed by atoms with E-state index in [9.17, 15) is 16.8 Å². The van der Waals surface area contributed by atoms with Crippen molar-refractivity contribution in [2.24, 2.45) is 7.05 Å². The van der Waals surface area contributed by atoms with Gasteiger partial charge < -0.3 is 9.30 Å². The van der Waals surface area contributed by atoms with Crippen molar-refractivity contribution in [1.82, 2.24) is 13.9 Å². The summed E-state index contributed by atoms with van der Waals surface area (Å²) in [4.78, 5) is 3.78. The number of nitrogens with zero attached hydrogens (tertiary/aromatic N) is 3. The van der Waals surface area contributed by atoms with Gasteiger partial charge >= 0.3 is 0 Å². The quantitative estimate of drug-likeness (QED) is 0.712. The van der Waals surface area contributed by atoms with Crippen LogP contribution in [0.25, 0.3) is 0 Å². The van der Waals surface area contributed by atoms with Crippen molar-refractivity contribution in [2.75, 3.05) is 24.9 Å². The second-order valence-electron chi connectivity index (χ2n) is 5.43. The minimum Gasteiger partial charge on any atom is -0.495 e. The Kier molecular flexibility index (Phi) is 5.94. The van der Waals surface area contributed by atoms with E-state index in [1.54, 1.807) is 20.9 Å². The van der Waals surface area contributed by atoms with Gasteiger partial charge in [-0.05, 0) is 18.2 Å². The van der Waals surface area contributed by atoms with Gasteiger partial charge in [-0.3, -0.25) is 4.72 Å². The molecule has 1 aromatic carbocycles. The molecule has 9 nitrogen and oxygen atoms in total. The fourth-order valence-electron chi connectivity index (χ4n) is 2.36. The molecule has 1 N–H and O–H groups in total. The number of imidazole rings is 1. The summed E-state index contributed by atoms with van der Waals surface area (Å²) in [7, 11) is -4.72. The fraction of sp³-hybridized carbons (Fsp3) is 0.400. The van der Waals surface area contributed by atoms with Crippen LogP contribution in [0.3, 0.4) is 0 Å². The molecule has 0 radical (unpaired) electrons. The number of anilines is 1. The monoisotopic (exact) mass is 402 g/mol. The third-order valence-corrected chi connectivity index (χ3v) is 7.01. The van der Waals surface area contributed by atoms with Crippen LogP contribution >= 0.6 is 0 Å². The van der Waals surface area contributed by atoms with E-state index in [1.165, 1.54) is 46.7 Å². The van der Waals surface area contributed by atoms with E-state index in [1.807, 2.05) is 0 Å². The van der Waals surface area contributed by atoms with Crippen LogP contribution in [0.2, 0.25) is 0 Å². The van der Waals surface area contributed by atoms with E-state index in [4.69, 9.17) is 4.74 Å². The van der Waals surface area contributed by atoms with Gasteiger partial charge in [0.1, 0.15) is 5.75 Å². The van der Waals surface area contributed by atoms with Gasteiger partial charge in [-0.2, -0.15) is 12.7 Å². The molecule has 0 spiro atoms. The molecule has 2 rings (SSSR count). The van der Waals surface area contributed by atoms with E-state index < -0.39 is 20.0 Å². The Morgan fingerprint density at radius 3 is 2.35 bits per heavy atom. The highest BCUT2D eigenvalue weighted by Crippen LogP contribution is 2.30. The van der Waals surface area contributed by atoms with Crippen LogP contribution in [-0.4, -0.2) is 50.9 Å². The number of benzene rings is 1. The third kappa shape index (κ3) is 4.00. The van der Waals surface area contributed by atoms with Crippen molar-refractivity contribution in [1.29, 1.82) is 0 Å². The lowest BCUT2D eigenvalue weighted by Crippen LogP contribution is -2.30. The maximum Gasteiger partial charge on any atom is 0.281 e. The number of ether oxygens (including phenoxy) is 1. The lowest BCUT2D eigenvalue weighted by Gasteiger charge is -2.19. The molecule has 0 fully saturated rings. The number of sulfonamides is 2. The Morgan fingerprint density at radius 1 is 1.19 bits per heavy atom. The van der Waals surface area contributed by atoms with Crippen molar-refractivity contribution in [2.45, 2.75) is 23.8 Å². The highest BCUT2D eigenvalue weighted by molar-refractivity contribution is 7.92. The Balaban J connectivity index is 2.48. The molecule has 11 heteroatoms. The van der Waals surface area contributed by atoms with Crippen LogP contribution < -0.4 is 9.46 Å². The smallest absolute Gasteiger partial charge is 0.281 e. The molecular weight excluding hydrogens is 380 g/mol. The van der Waals surface area contributed by atoms with Crippen LogP contribution in [0.4, 0.5) is 5.69 Å².